The molecule has 0 atom stereocenters. The van der Waals surface area contributed by atoms with Crippen molar-refractivity contribution in [2.45, 2.75) is 19.9 Å². The van der Waals surface area contributed by atoms with E-state index in [1.807, 2.05) is 13.0 Å². The zero-order valence-electron chi connectivity index (χ0n) is 11.8. The molecular formula is C16H17ClN2O2. The van der Waals surface area contributed by atoms with E-state index in [1.54, 1.807) is 41.1 Å². The lowest BCUT2D eigenvalue weighted by Crippen LogP contribution is -2.26. The molecule has 0 spiro atoms. The molecule has 2 rings (SSSR count). The Kier molecular flexibility index (Phi) is 5.17. The van der Waals surface area contributed by atoms with Crippen LogP contribution in [0, 0.1) is 6.92 Å². The first-order chi connectivity index (χ1) is 10.1. The standard InChI is InChI=1S/C16H17ClN2O2/c1-12-6-9-19(15(20)10-12)8-3-7-18-16(21)13-4-2-5-14(17)11-13/h2,4-6,9-11H,3,7-8H2,1H3,(H,18,21). The number of amides is 1. The van der Waals surface area contributed by atoms with Crippen molar-refractivity contribution in [2.24, 2.45) is 0 Å². The van der Waals surface area contributed by atoms with E-state index in [0.717, 1.165) is 5.56 Å². The zero-order valence-corrected chi connectivity index (χ0v) is 12.6. The number of pyridine rings is 1. The van der Waals surface area contributed by atoms with E-state index >= 15 is 0 Å². The molecule has 0 bridgehead atoms. The summed E-state index contributed by atoms with van der Waals surface area (Å²) >= 11 is 5.84. The van der Waals surface area contributed by atoms with Crippen LogP contribution in [0.25, 0.3) is 0 Å². The number of carbonyl (C=O) groups excluding carboxylic acids is 1. The quantitative estimate of drug-likeness (QED) is 0.863. The van der Waals surface area contributed by atoms with E-state index in [1.165, 1.54) is 0 Å². The van der Waals surface area contributed by atoms with E-state index in [2.05, 4.69) is 5.32 Å². The number of benzene rings is 1. The van der Waals surface area contributed by atoms with Gasteiger partial charge in [0.25, 0.3) is 11.5 Å². The molecule has 0 saturated carbocycles. The minimum Gasteiger partial charge on any atom is -0.352 e. The maximum Gasteiger partial charge on any atom is 0.251 e. The minimum atomic E-state index is -0.159. The first-order valence-electron chi connectivity index (χ1n) is 6.77. The second-order valence-electron chi connectivity index (χ2n) is 4.86. The number of aryl methyl sites for hydroxylation is 2. The van der Waals surface area contributed by atoms with Crippen LogP contribution in [-0.4, -0.2) is 17.0 Å². The maximum absolute atomic E-state index is 11.9. The Morgan fingerprint density at radius 3 is 2.81 bits per heavy atom. The van der Waals surface area contributed by atoms with Crippen molar-refractivity contribution in [2.75, 3.05) is 6.54 Å². The van der Waals surface area contributed by atoms with Gasteiger partial charge >= 0.3 is 0 Å². The Bertz CT molecular complexity index is 695. The molecule has 0 aliphatic carbocycles. The molecule has 4 nitrogen and oxygen atoms in total. The number of hydrogen-bond donors (Lipinski definition) is 1. The summed E-state index contributed by atoms with van der Waals surface area (Å²) in [7, 11) is 0. The summed E-state index contributed by atoms with van der Waals surface area (Å²) in [5.41, 5.74) is 1.47. The molecular weight excluding hydrogens is 288 g/mol. The van der Waals surface area contributed by atoms with Gasteiger partial charge in [0.15, 0.2) is 0 Å². The Balaban J connectivity index is 1.82. The molecule has 1 heterocycles. The summed E-state index contributed by atoms with van der Waals surface area (Å²) < 4.78 is 1.64. The molecule has 1 amide bonds. The van der Waals surface area contributed by atoms with Crippen LogP contribution in [0.5, 0.6) is 0 Å². The molecule has 0 aliphatic rings. The SMILES string of the molecule is Cc1ccn(CCCNC(=O)c2cccc(Cl)c2)c(=O)c1. The minimum absolute atomic E-state index is 0.0174. The van der Waals surface area contributed by atoms with Crippen molar-refractivity contribution in [3.63, 3.8) is 0 Å². The molecule has 0 fully saturated rings. The van der Waals surface area contributed by atoms with Crippen LogP contribution in [-0.2, 0) is 6.54 Å². The van der Waals surface area contributed by atoms with Crippen molar-refractivity contribution in [3.05, 3.63) is 69.1 Å². The summed E-state index contributed by atoms with van der Waals surface area (Å²) in [4.78, 5) is 23.6. The first kappa shape index (κ1) is 15.3. The van der Waals surface area contributed by atoms with Crippen molar-refractivity contribution in [1.82, 2.24) is 9.88 Å². The van der Waals surface area contributed by atoms with Crippen LogP contribution >= 0.6 is 11.6 Å². The monoisotopic (exact) mass is 304 g/mol. The molecule has 0 saturated heterocycles. The zero-order chi connectivity index (χ0) is 15.2. The van der Waals surface area contributed by atoms with Gasteiger partial charge in [-0.1, -0.05) is 17.7 Å². The molecule has 2 aromatic rings. The molecule has 0 radical (unpaired) electrons. The lowest BCUT2D eigenvalue weighted by Gasteiger charge is -2.07. The van der Waals surface area contributed by atoms with Crippen LogP contribution in [0.3, 0.4) is 0 Å². The Morgan fingerprint density at radius 1 is 1.29 bits per heavy atom. The molecule has 0 aliphatic heterocycles. The van der Waals surface area contributed by atoms with Gasteiger partial charge in [0, 0.05) is 35.9 Å². The van der Waals surface area contributed by atoms with Gasteiger partial charge < -0.3 is 9.88 Å². The second-order valence-corrected chi connectivity index (χ2v) is 5.29. The molecule has 21 heavy (non-hydrogen) atoms. The Hall–Kier alpha value is -2.07. The summed E-state index contributed by atoms with van der Waals surface area (Å²) in [6.45, 7) is 2.97. The molecule has 110 valence electrons. The highest BCUT2D eigenvalue weighted by Crippen LogP contribution is 2.10. The third-order valence-electron chi connectivity index (χ3n) is 3.10. The van der Waals surface area contributed by atoms with Crippen molar-refractivity contribution >= 4 is 17.5 Å². The maximum atomic E-state index is 11.9. The van der Waals surface area contributed by atoms with Crippen LogP contribution < -0.4 is 10.9 Å². The van der Waals surface area contributed by atoms with Gasteiger partial charge in [0.2, 0.25) is 0 Å². The van der Waals surface area contributed by atoms with Gasteiger partial charge in [-0.25, -0.2) is 0 Å². The van der Waals surface area contributed by atoms with E-state index in [-0.39, 0.29) is 11.5 Å². The Morgan fingerprint density at radius 2 is 2.10 bits per heavy atom. The fraction of sp³-hybridized carbons (Fsp3) is 0.250. The van der Waals surface area contributed by atoms with Crippen molar-refractivity contribution in [1.29, 1.82) is 0 Å². The summed E-state index contributed by atoms with van der Waals surface area (Å²) in [5.74, 6) is -0.159. The highest BCUT2D eigenvalue weighted by molar-refractivity contribution is 6.30. The lowest BCUT2D eigenvalue weighted by atomic mass is 10.2. The summed E-state index contributed by atoms with van der Waals surface area (Å²) in [5, 5.41) is 3.35. The Labute approximate surface area is 128 Å². The van der Waals surface area contributed by atoms with E-state index in [9.17, 15) is 9.59 Å². The van der Waals surface area contributed by atoms with Crippen LogP contribution in [0.15, 0.2) is 47.4 Å². The average molecular weight is 305 g/mol. The molecule has 1 N–H and O–H groups in total. The third kappa shape index (κ3) is 4.46. The molecule has 5 heteroatoms. The van der Waals surface area contributed by atoms with Crippen LogP contribution in [0.1, 0.15) is 22.3 Å². The van der Waals surface area contributed by atoms with Gasteiger partial charge in [-0.15, -0.1) is 0 Å². The van der Waals surface area contributed by atoms with Crippen LogP contribution in [0.2, 0.25) is 5.02 Å². The van der Waals surface area contributed by atoms with E-state index in [4.69, 9.17) is 11.6 Å². The average Bonchev–Trinajstić information content (AvgIpc) is 2.45. The van der Waals surface area contributed by atoms with E-state index < -0.39 is 0 Å². The van der Waals surface area contributed by atoms with Gasteiger partial charge in [0.05, 0.1) is 0 Å². The molecule has 1 aromatic carbocycles. The first-order valence-corrected chi connectivity index (χ1v) is 7.15. The van der Waals surface area contributed by atoms with Crippen LogP contribution in [0.4, 0.5) is 0 Å². The number of nitrogens with one attached hydrogen (secondary N) is 1. The largest absolute Gasteiger partial charge is 0.352 e. The highest BCUT2D eigenvalue weighted by Gasteiger charge is 2.05. The number of carbonyl (C=O) groups is 1. The van der Waals surface area contributed by atoms with Gasteiger partial charge in [-0.05, 0) is 43.2 Å². The van der Waals surface area contributed by atoms with Gasteiger partial charge in [0.1, 0.15) is 0 Å². The fourth-order valence-electron chi connectivity index (χ4n) is 1.97. The predicted molar refractivity (Wildman–Crippen MR) is 83.8 cm³/mol. The number of rotatable bonds is 5. The van der Waals surface area contributed by atoms with Crippen molar-refractivity contribution < 1.29 is 4.79 Å². The number of halogens is 1. The predicted octanol–water partition coefficient (Wildman–Crippen LogP) is 2.63. The summed E-state index contributed by atoms with van der Waals surface area (Å²) in [6, 6.07) is 10.3. The van der Waals surface area contributed by atoms with E-state index in [0.29, 0.717) is 30.1 Å². The van der Waals surface area contributed by atoms with Gasteiger partial charge in [-0.2, -0.15) is 0 Å². The number of hydrogen-bond acceptors (Lipinski definition) is 2. The normalized spacial score (nSPS) is 10.4. The van der Waals surface area contributed by atoms with Gasteiger partial charge in [-0.3, -0.25) is 9.59 Å². The molecule has 0 unspecified atom stereocenters. The topological polar surface area (TPSA) is 51.1 Å². The fourth-order valence-corrected chi connectivity index (χ4v) is 2.16. The lowest BCUT2D eigenvalue weighted by molar-refractivity contribution is 0.0952. The highest BCUT2D eigenvalue weighted by atomic mass is 35.5. The third-order valence-corrected chi connectivity index (χ3v) is 3.33. The van der Waals surface area contributed by atoms with Crippen molar-refractivity contribution in [3.8, 4) is 0 Å². The second kappa shape index (κ2) is 7.09. The summed E-state index contributed by atoms with van der Waals surface area (Å²) in [6.07, 6.45) is 2.46. The number of aromatic nitrogens is 1. The smallest absolute Gasteiger partial charge is 0.251 e. The molecule has 1 aromatic heterocycles. The number of nitrogens with zero attached hydrogens (tertiary/aromatic N) is 1.